The van der Waals surface area contributed by atoms with Gasteiger partial charge in [-0.1, -0.05) is 26.8 Å². The van der Waals surface area contributed by atoms with Gasteiger partial charge in [-0.15, -0.1) is 0 Å². The van der Waals surface area contributed by atoms with Crippen molar-refractivity contribution in [2.24, 2.45) is 0 Å². The van der Waals surface area contributed by atoms with E-state index < -0.39 is 11.6 Å². The molecule has 2 rings (SSSR count). The van der Waals surface area contributed by atoms with Crippen LogP contribution >= 0.6 is 0 Å². The maximum absolute atomic E-state index is 12.1. The van der Waals surface area contributed by atoms with E-state index in [1.54, 1.807) is 13.0 Å². The zero-order valence-corrected chi connectivity index (χ0v) is 12.0. The molecule has 0 saturated carbocycles. The number of fused-ring (bicyclic) bond motifs is 1. The molecular formula is C15H17NO4. The predicted molar refractivity (Wildman–Crippen MR) is 73.4 cm³/mol. The van der Waals surface area contributed by atoms with E-state index in [-0.39, 0.29) is 23.4 Å². The van der Waals surface area contributed by atoms with Gasteiger partial charge in [-0.3, -0.25) is 9.59 Å². The van der Waals surface area contributed by atoms with Gasteiger partial charge in [-0.05, 0) is 13.0 Å². The molecule has 0 radical (unpaired) electrons. The average molecular weight is 275 g/mol. The maximum atomic E-state index is 12.1. The quantitative estimate of drug-likeness (QED) is 0.626. The standard InChI is InChI=1S/C15H17NO4/c1-5-8-9(6-7-17)10-13(12(19)11(8)18)20-14(16-10)15(2,3)4/h5-6,17H,7H2,1-4H3/b8-5+,9-6+. The Balaban J connectivity index is 2.72. The number of aliphatic hydroxyl groups excluding tert-OH is 1. The molecule has 0 aromatic carbocycles. The molecule has 106 valence electrons. The fourth-order valence-corrected chi connectivity index (χ4v) is 2.04. The van der Waals surface area contributed by atoms with Crippen LogP contribution in [0.5, 0.6) is 0 Å². The van der Waals surface area contributed by atoms with Gasteiger partial charge in [0.15, 0.2) is 0 Å². The molecule has 0 aliphatic heterocycles. The van der Waals surface area contributed by atoms with Crippen molar-refractivity contribution in [3.8, 4) is 0 Å². The van der Waals surface area contributed by atoms with E-state index in [2.05, 4.69) is 4.98 Å². The SMILES string of the molecule is C/C=C1/C(=O)C(=O)c2oc(C(C)(C)C)nc2/C1=C/CO. The number of aromatic nitrogens is 1. The zero-order valence-electron chi connectivity index (χ0n) is 12.0. The summed E-state index contributed by atoms with van der Waals surface area (Å²) in [6.45, 7) is 7.14. The van der Waals surface area contributed by atoms with Crippen LogP contribution in [0, 0.1) is 0 Å². The van der Waals surface area contributed by atoms with Gasteiger partial charge in [0.1, 0.15) is 5.69 Å². The molecule has 0 bridgehead atoms. The first-order valence-corrected chi connectivity index (χ1v) is 6.39. The average Bonchev–Trinajstić information content (AvgIpc) is 2.81. The summed E-state index contributed by atoms with van der Waals surface area (Å²) < 4.78 is 5.49. The van der Waals surface area contributed by atoms with Crippen LogP contribution in [0.2, 0.25) is 0 Å². The minimum absolute atomic E-state index is 0.0368. The molecule has 1 aliphatic carbocycles. The van der Waals surface area contributed by atoms with Crippen molar-refractivity contribution in [1.82, 2.24) is 4.98 Å². The molecule has 0 saturated heterocycles. The van der Waals surface area contributed by atoms with Gasteiger partial charge >= 0.3 is 0 Å². The van der Waals surface area contributed by atoms with Crippen LogP contribution in [0.1, 0.15) is 49.8 Å². The highest BCUT2D eigenvalue weighted by Gasteiger charge is 2.38. The van der Waals surface area contributed by atoms with Gasteiger partial charge in [0.2, 0.25) is 17.4 Å². The third-order valence-corrected chi connectivity index (χ3v) is 3.06. The van der Waals surface area contributed by atoms with Crippen LogP contribution in [0.15, 0.2) is 22.1 Å². The number of aliphatic hydroxyl groups is 1. The number of rotatable bonds is 1. The first-order valence-electron chi connectivity index (χ1n) is 6.39. The summed E-state index contributed by atoms with van der Waals surface area (Å²) in [6.07, 6.45) is 3.02. The molecule has 1 aromatic rings. The summed E-state index contributed by atoms with van der Waals surface area (Å²) in [5.74, 6) is -0.961. The molecule has 1 N–H and O–H groups in total. The van der Waals surface area contributed by atoms with E-state index in [1.807, 2.05) is 20.8 Å². The highest BCUT2D eigenvalue weighted by molar-refractivity contribution is 6.53. The van der Waals surface area contributed by atoms with Crippen LogP contribution < -0.4 is 0 Å². The highest BCUT2D eigenvalue weighted by Crippen LogP contribution is 2.35. The van der Waals surface area contributed by atoms with Crippen LogP contribution in [-0.4, -0.2) is 28.3 Å². The first-order chi connectivity index (χ1) is 9.31. The monoisotopic (exact) mass is 275 g/mol. The fraction of sp³-hybridized carbons (Fsp3) is 0.400. The van der Waals surface area contributed by atoms with Crippen molar-refractivity contribution in [1.29, 1.82) is 0 Å². The number of hydrogen-bond donors (Lipinski definition) is 1. The fourth-order valence-electron chi connectivity index (χ4n) is 2.04. The van der Waals surface area contributed by atoms with Gasteiger partial charge in [-0.25, -0.2) is 4.98 Å². The molecule has 20 heavy (non-hydrogen) atoms. The lowest BCUT2D eigenvalue weighted by Crippen LogP contribution is -2.23. The molecule has 5 heteroatoms. The number of carbonyl (C=O) groups is 2. The molecule has 1 aromatic heterocycles. The number of oxazole rings is 1. The van der Waals surface area contributed by atoms with Gasteiger partial charge < -0.3 is 9.52 Å². The summed E-state index contributed by atoms with van der Waals surface area (Å²) in [5.41, 5.74) is 0.669. The van der Waals surface area contributed by atoms with Gasteiger partial charge in [0, 0.05) is 16.6 Å². The van der Waals surface area contributed by atoms with Crippen LogP contribution in [0.4, 0.5) is 0 Å². The first kappa shape index (κ1) is 14.4. The Morgan fingerprint density at radius 2 is 1.85 bits per heavy atom. The van der Waals surface area contributed by atoms with E-state index >= 15 is 0 Å². The minimum atomic E-state index is -0.689. The second-order valence-electron chi connectivity index (χ2n) is 5.61. The lowest BCUT2D eigenvalue weighted by molar-refractivity contribution is -0.111. The van der Waals surface area contributed by atoms with Crippen LogP contribution in [0.25, 0.3) is 5.57 Å². The van der Waals surface area contributed by atoms with Crippen molar-refractivity contribution >= 4 is 17.1 Å². The third-order valence-electron chi connectivity index (χ3n) is 3.06. The highest BCUT2D eigenvalue weighted by atomic mass is 16.4. The number of hydrogen-bond acceptors (Lipinski definition) is 5. The lowest BCUT2D eigenvalue weighted by Gasteiger charge is -2.13. The number of Topliss-reactive ketones (excluding diaryl/α,β-unsaturated/α-hetero) is 2. The van der Waals surface area contributed by atoms with Gasteiger partial charge in [-0.2, -0.15) is 0 Å². The Morgan fingerprint density at radius 3 is 2.35 bits per heavy atom. The summed E-state index contributed by atoms with van der Waals surface area (Å²) in [4.78, 5) is 28.4. The second kappa shape index (κ2) is 4.83. The number of ketones is 2. The van der Waals surface area contributed by atoms with Crippen molar-refractivity contribution < 1.29 is 19.1 Å². The third kappa shape index (κ3) is 2.14. The molecule has 1 aliphatic rings. The van der Waals surface area contributed by atoms with E-state index in [1.165, 1.54) is 6.08 Å². The van der Waals surface area contributed by atoms with E-state index in [0.717, 1.165) is 0 Å². The summed E-state index contributed by atoms with van der Waals surface area (Å²) in [6, 6.07) is 0. The molecule has 0 spiro atoms. The topological polar surface area (TPSA) is 80.4 Å². The summed E-state index contributed by atoms with van der Waals surface area (Å²) >= 11 is 0. The number of carbonyl (C=O) groups excluding carboxylic acids is 2. The summed E-state index contributed by atoms with van der Waals surface area (Å²) in [5, 5.41) is 9.12. The Labute approximate surface area is 117 Å². The lowest BCUT2D eigenvalue weighted by atomic mass is 9.88. The molecular weight excluding hydrogens is 258 g/mol. The molecule has 0 fully saturated rings. The maximum Gasteiger partial charge on any atom is 0.270 e. The Bertz CT molecular complexity index is 641. The number of nitrogens with zero attached hydrogens (tertiary/aromatic N) is 1. The zero-order chi connectivity index (χ0) is 15.1. The van der Waals surface area contributed by atoms with Gasteiger partial charge in [0.25, 0.3) is 5.78 Å². The Hall–Kier alpha value is -2.01. The predicted octanol–water partition coefficient (Wildman–Crippen LogP) is 2.06. The minimum Gasteiger partial charge on any atom is -0.436 e. The van der Waals surface area contributed by atoms with Crippen molar-refractivity contribution in [3.05, 3.63) is 35.1 Å². The molecule has 5 nitrogen and oxygen atoms in total. The van der Waals surface area contributed by atoms with E-state index in [9.17, 15) is 9.59 Å². The Morgan fingerprint density at radius 1 is 1.20 bits per heavy atom. The van der Waals surface area contributed by atoms with Crippen LogP contribution in [0.3, 0.4) is 0 Å². The van der Waals surface area contributed by atoms with Gasteiger partial charge in [0.05, 0.1) is 6.61 Å². The smallest absolute Gasteiger partial charge is 0.270 e. The van der Waals surface area contributed by atoms with E-state index in [4.69, 9.17) is 9.52 Å². The van der Waals surface area contributed by atoms with Crippen molar-refractivity contribution in [3.63, 3.8) is 0 Å². The molecule has 0 atom stereocenters. The second-order valence-corrected chi connectivity index (χ2v) is 5.61. The van der Waals surface area contributed by atoms with Crippen LogP contribution in [-0.2, 0) is 10.2 Å². The molecule has 0 amide bonds. The summed E-state index contributed by atoms with van der Waals surface area (Å²) in [7, 11) is 0. The largest absolute Gasteiger partial charge is 0.436 e. The molecule has 1 heterocycles. The van der Waals surface area contributed by atoms with Crippen molar-refractivity contribution in [2.75, 3.05) is 6.61 Å². The van der Waals surface area contributed by atoms with Crippen molar-refractivity contribution in [2.45, 2.75) is 33.1 Å². The molecule has 0 unspecified atom stereocenters. The normalized spacial score (nSPS) is 19.9. The number of allylic oxidation sites excluding steroid dienone is 3. The van der Waals surface area contributed by atoms with E-state index in [0.29, 0.717) is 17.2 Å². The Kier molecular flexibility index (Phi) is 3.48.